The number of aromatic nitrogens is 3. The van der Waals surface area contributed by atoms with Gasteiger partial charge in [-0.05, 0) is 23.6 Å². The van der Waals surface area contributed by atoms with E-state index in [9.17, 15) is 4.79 Å². The van der Waals surface area contributed by atoms with E-state index < -0.39 is 0 Å². The summed E-state index contributed by atoms with van der Waals surface area (Å²) in [6.45, 7) is 0. The quantitative estimate of drug-likeness (QED) is 0.395. The molecule has 3 N–H and O–H groups in total. The molecule has 0 atom stereocenters. The smallest absolute Gasteiger partial charge is 0.269 e. The molecule has 6 nitrogen and oxygen atoms in total. The Kier molecular flexibility index (Phi) is 4.55. The highest BCUT2D eigenvalue weighted by atomic mass is 32.1. The van der Waals surface area contributed by atoms with Crippen molar-refractivity contribution in [3.8, 4) is 21.1 Å². The summed E-state index contributed by atoms with van der Waals surface area (Å²) in [5.74, 6) is -0.307. The van der Waals surface area contributed by atoms with Gasteiger partial charge in [-0.2, -0.15) is 0 Å². The Balaban J connectivity index is 1.42. The van der Waals surface area contributed by atoms with Crippen LogP contribution in [0.15, 0.2) is 60.0 Å². The summed E-state index contributed by atoms with van der Waals surface area (Å²) in [5, 5.41) is 15.0. The van der Waals surface area contributed by atoms with Crippen LogP contribution in [0.4, 0.5) is 10.8 Å². The molecule has 0 radical (unpaired) electrons. The van der Waals surface area contributed by atoms with Gasteiger partial charge in [0.2, 0.25) is 5.13 Å². The first-order valence-corrected chi connectivity index (χ1v) is 11.1. The van der Waals surface area contributed by atoms with Gasteiger partial charge < -0.3 is 5.73 Å². The van der Waals surface area contributed by atoms with Gasteiger partial charge in [0.25, 0.3) is 5.91 Å². The number of pyridine rings is 1. The molecule has 1 aromatic carbocycles. The van der Waals surface area contributed by atoms with Crippen LogP contribution in [0.2, 0.25) is 0 Å². The van der Waals surface area contributed by atoms with E-state index in [4.69, 9.17) is 5.73 Å². The number of nitrogens with two attached hydrogens (primary N) is 1. The third-order valence-corrected chi connectivity index (χ3v) is 7.13. The van der Waals surface area contributed by atoms with E-state index in [1.807, 2.05) is 60.0 Å². The average molecular weight is 436 g/mol. The van der Waals surface area contributed by atoms with E-state index in [1.54, 1.807) is 11.3 Å². The van der Waals surface area contributed by atoms with Gasteiger partial charge in [-0.15, -0.1) is 32.9 Å². The highest BCUT2D eigenvalue weighted by Crippen LogP contribution is 2.36. The fourth-order valence-electron chi connectivity index (χ4n) is 2.85. The number of carbonyl (C=O) groups is 1. The van der Waals surface area contributed by atoms with E-state index in [0.717, 1.165) is 31.4 Å². The molecular formula is C20H13N5OS3. The van der Waals surface area contributed by atoms with Gasteiger partial charge in [-0.1, -0.05) is 47.7 Å². The molecular weight excluding hydrogens is 422 g/mol. The normalized spacial score (nSPS) is 11.0. The summed E-state index contributed by atoms with van der Waals surface area (Å²) in [7, 11) is 0. The van der Waals surface area contributed by atoms with Crippen LogP contribution in [0.3, 0.4) is 0 Å². The fourth-order valence-corrected chi connectivity index (χ4v) is 5.28. The molecule has 0 spiro atoms. The highest BCUT2D eigenvalue weighted by Gasteiger charge is 2.19. The molecule has 1 amide bonds. The Bertz CT molecular complexity index is 1310. The summed E-state index contributed by atoms with van der Waals surface area (Å²) in [6, 6.07) is 17.6. The molecule has 4 heterocycles. The molecule has 5 rings (SSSR count). The minimum atomic E-state index is -0.307. The lowest BCUT2D eigenvalue weighted by Crippen LogP contribution is -2.11. The Morgan fingerprint density at radius 2 is 1.83 bits per heavy atom. The Hall–Kier alpha value is -3.14. The number of benzene rings is 1. The van der Waals surface area contributed by atoms with E-state index in [-0.39, 0.29) is 5.91 Å². The van der Waals surface area contributed by atoms with Crippen LogP contribution >= 0.6 is 34.0 Å². The number of nitrogens with one attached hydrogen (secondary N) is 1. The summed E-state index contributed by atoms with van der Waals surface area (Å²) in [6.07, 6.45) is 0. The monoisotopic (exact) mass is 435 g/mol. The number of fused-ring (bicyclic) bond motifs is 1. The van der Waals surface area contributed by atoms with Crippen LogP contribution in [0.5, 0.6) is 0 Å². The molecule has 0 bridgehead atoms. The Labute approximate surface area is 177 Å². The topological polar surface area (TPSA) is 93.8 Å². The minimum absolute atomic E-state index is 0.307. The number of nitrogen functional groups attached to an aromatic ring is 1. The zero-order chi connectivity index (χ0) is 19.8. The highest BCUT2D eigenvalue weighted by molar-refractivity contribution is 7.21. The lowest BCUT2D eigenvalue weighted by molar-refractivity contribution is 0.103. The maximum Gasteiger partial charge on any atom is 0.269 e. The van der Waals surface area contributed by atoms with E-state index in [1.165, 1.54) is 22.7 Å². The lowest BCUT2D eigenvalue weighted by atomic mass is 10.2. The van der Waals surface area contributed by atoms with Crippen molar-refractivity contribution in [3.05, 3.63) is 64.9 Å². The number of carbonyl (C=O) groups excluding carboxylic acids is 1. The molecule has 0 unspecified atom stereocenters. The van der Waals surface area contributed by atoms with Crippen LogP contribution in [-0.2, 0) is 0 Å². The van der Waals surface area contributed by atoms with Crippen molar-refractivity contribution in [1.82, 2.24) is 15.2 Å². The second-order valence-electron chi connectivity index (χ2n) is 6.10. The van der Waals surface area contributed by atoms with Gasteiger partial charge in [0, 0.05) is 10.9 Å². The van der Waals surface area contributed by atoms with Crippen LogP contribution in [0.1, 0.15) is 9.67 Å². The Morgan fingerprint density at radius 3 is 2.62 bits per heavy atom. The molecule has 0 aliphatic heterocycles. The number of nitrogens with zero attached hydrogens (tertiary/aromatic N) is 3. The number of amides is 1. The summed E-state index contributed by atoms with van der Waals surface area (Å²) >= 11 is 4.22. The van der Waals surface area contributed by atoms with Crippen molar-refractivity contribution < 1.29 is 4.79 Å². The van der Waals surface area contributed by atoms with Crippen molar-refractivity contribution in [2.75, 3.05) is 11.1 Å². The van der Waals surface area contributed by atoms with Crippen molar-refractivity contribution in [1.29, 1.82) is 0 Å². The number of hydrogen-bond donors (Lipinski definition) is 2. The van der Waals surface area contributed by atoms with Crippen molar-refractivity contribution in [3.63, 3.8) is 0 Å². The number of rotatable bonds is 4. The zero-order valence-corrected chi connectivity index (χ0v) is 17.3. The van der Waals surface area contributed by atoms with Gasteiger partial charge >= 0.3 is 0 Å². The summed E-state index contributed by atoms with van der Waals surface area (Å²) < 4.78 is 0. The first-order valence-electron chi connectivity index (χ1n) is 8.62. The summed E-state index contributed by atoms with van der Waals surface area (Å²) in [4.78, 5) is 19.7. The molecule has 0 aliphatic carbocycles. The first-order chi connectivity index (χ1) is 14.2. The average Bonchev–Trinajstić information content (AvgIpc) is 3.49. The molecule has 0 fully saturated rings. The van der Waals surface area contributed by atoms with Gasteiger partial charge in [0.15, 0.2) is 0 Å². The minimum Gasteiger partial charge on any atom is -0.397 e. The van der Waals surface area contributed by atoms with Gasteiger partial charge in [-0.25, -0.2) is 4.98 Å². The van der Waals surface area contributed by atoms with Crippen molar-refractivity contribution in [2.24, 2.45) is 0 Å². The van der Waals surface area contributed by atoms with Crippen molar-refractivity contribution in [2.45, 2.75) is 0 Å². The zero-order valence-electron chi connectivity index (χ0n) is 14.8. The van der Waals surface area contributed by atoms with E-state index in [0.29, 0.717) is 15.7 Å². The second-order valence-corrected chi connectivity index (χ2v) is 9.03. The maximum atomic E-state index is 12.8. The third-order valence-electron chi connectivity index (χ3n) is 4.24. The fraction of sp³-hybridized carbons (Fsp3) is 0. The Morgan fingerprint density at radius 1 is 0.966 bits per heavy atom. The van der Waals surface area contributed by atoms with E-state index >= 15 is 0 Å². The molecule has 9 heteroatoms. The van der Waals surface area contributed by atoms with Crippen molar-refractivity contribution >= 4 is 61.0 Å². The summed E-state index contributed by atoms with van der Waals surface area (Å²) in [5.41, 5.74) is 8.50. The molecule has 5 aromatic rings. The second kappa shape index (κ2) is 7.36. The van der Waals surface area contributed by atoms with Gasteiger partial charge in [0.1, 0.15) is 14.7 Å². The predicted molar refractivity (Wildman–Crippen MR) is 121 cm³/mol. The number of thiophene rings is 2. The van der Waals surface area contributed by atoms with Crippen LogP contribution < -0.4 is 11.1 Å². The molecule has 0 saturated carbocycles. The first kappa shape index (κ1) is 17.9. The van der Waals surface area contributed by atoms with Gasteiger partial charge in [-0.3, -0.25) is 10.1 Å². The largest absolute Gasteiger partial charge is 0.397 e. The molecule has 142 valence electrons. The van der Waals surface area contributed by atoms with Crippen LogP contribution in [0, 0.1) is 0 Å². The number of anilines is 2. The SMILES string of the molecule is Nc1c(C(=O)Nc2nnc(-c3ccccc3)s2)sc2nc(-c3cccs3)ccc12. The van der Waals surface area contributed by atoms with Crippen LogP contribution in [-0.4, -0.2) is 21.1 Å². The number of hydrogen-bond acceptors (Lipinski definition) is 8. The van der Waals surface area contributed by atoms with Crippen LogP contribution in [0.25, 0.3) is 31.4 Å². The molecule has 0 aliphatic rings. The van der Waals surface area contributed by atoms with E-state index in [2.05, 4.69) is 20.5 Å². The third kappa shape index (κ3) is 3.39. The predicted octanol–water partition coefficient (Wildman–Crippen LogP) is 5.38. The molecule has 0 saturated heterocycles. The molecule has 29 heavy (non-hydrogen) atoms. The molecule has 4 aromatic heterocycles. The van der Waals surface area contributed by atoms with Gasteiger partial charge in [0.05, 0.1) is 16.3 Å². The lowest BCUT2D eigenvalue weighted by Gasteiger charge is -1.99. The standard InChI is InChI=1S/C20H13N5OS3/c21-15-12-8-9-13(14-7-4-10-27-14)22-19(12)28-16(15)17(26)23-20-25-24-18(29-20)11-5-2-1-3-6-11/h1-10H,21H2,(H,23,25,26). The maximum absolute atomic E-state index is 12.8.